The predicted molar refractivity (Wildman–Crippen MR) is 85.3 cm³/mol. The molecular weight excluding hydrogens is 299 g/mol. The lowest BCUT2D eigenvalue weighted by Gasteiger charge is -2.23. The number of hydrogen-bond acceptors (Lipinski definition) is 4. The second-order valence-electron chi connectivity index (χ2n) is 6.26. The lowest BCUT2D eigenvalue weighted by atomic mass is 9.96. The molecule has 1 aliphatic heterocycles. The molecule has 0 radical (unpaired) electrons. The number of benzene rings is 1. The van der Waals surface area contributed by atoms with Crippen molar-refractivity contribution in [3.63, 3.8) is 0 Å². The molecular formula is C17H25FN2O3. The number of carbonyl (C=O) groups is 1. The van der Waals surface area contributed by atoms with Crippen molar-refractivity contribution >= 4 is 5.91 Å². The van der Waals surface area contributed by atoms with Gasteiger partial charge in [-0.2, -0.15) is 0 Å². The van der Waals surface area contributed by atoms with Gasteiger partial charge in [-0.05, 0) is 24.6 Å². The van der Waals surface area contributed by atoms with E-state index in [4.69, 9.17) is 5.11 Å². The van der Waals surface area contributed by atoms with Crippen LogP contribution in [0.25, 0.3) is 0 Å². The fourth-order valence-electron chi connectivity index (χ4n) is 3.13. The first-order chi connectivity index (χ1) is 11.0. The van der Waals surface area contributed by atoms with E-state index in [1.54, 1.807) is 23.1 Å². The maximum atomic E-state index is 13.7. The molecule has 0 aromatic heterocycles. The van der Waals surface area contributed by atoms with E-state index >= 15 is 0 Å². The summed E-state index contributed by atoms with van der Waals surface area (Å²) in [5.41, 5.74) is 0.402. The van der Waals surface area contributed by atoms with E-state index in [2.05, 4.69) is 0 Å². The van der Waals surface area contributed by atoms with Crippen molar-refractivity contribution in [2.45, 2.75) is 6.42 Å². The molecule has 1 aromatic carbocycles. The first kappa shape index (κ1) is 17.8. The summed E-state index contributed by atoms with van der Waals surface area (Å²) in [6.07, 6.45) is 0.0457. The van der Waals surface area contributed by atoms with E-state index in [1.807, 2.05) is 11.9 Å². The average Bonchev–Trinajstić information content (AvgIpc) is 2.92. The van der Waals surface area contributed by atoms with Crippen LogP contribution in [-0.2, 0) is 11.2 Å². The van der Waals surface area contributed by atoms with Crippen LogP contribution in [0.2, 0.25) is 0 Å². The van der Waals surface area contributed by atoms with Crippen molar-refractivity contribution in [2.24, 2.45) is 11.8 Å². The van der Waals surface area contributed by atoms with Crippen LogP contribution < -0.4 is 0 Å². The van der Waals surface area contributed by atoms with Gasteiger partial charge in [0.25, 0.3) is 0 Å². The van der Waals surface area contributed by atoms with E-state index in [0.29, 0.717) is 25.2 Å². The number of likely N-dealkylation sites (N-methyl/N-ethyl adjacent to an activating group) is 1. The van der Waals surface area contributed by atoms with E-state index in [0.717, 1.165) is 6.54 Å². The SMILES string of the molecule is CN(CCO)C[C@@H]1CN(C(=O)Cc2ccccc2F)C[C@@H]1CO. The van der Waals surface area contributed by atoms with Crippen LogP contribution in [0, 0.1) is 17.7 Å². The van der Waals surface area contributed by atoms with Crippen molar-refractivity contribution < 1.29 is 19.4 Å². The maximum Gasteiger partial charge on any atom is 0.227 e. The van der Waals surface area contributed by atoms with Gasteiger partial charge in [0.05, 0.1) is 13.0 Å². The molecule has 23 heavy (non-hydrogen) atoms. The van der Waals surface area contributed by atoms with Crippen molar-refractivity contribution in [3.8, 4) is 0 Å². The van der Waals surface area contributed by atoms with E-state index in [1.165, 1.54) is 6.07 Å². The number of aliphatic hydroxyl groups is 2. The fraction of sp³-hybridized carbons (Fsp3) is 0.588. The highest BCUT2D eigenvalue weighted by Crippen LogP contribution is 2.24. The van der Waals surface area contributed by atoms with Gasteiger partial charge >= 0.3 is 0 Å². The summed E-state index contributed by atoms with van der Waals surface area (Å²) in [7, 11) is 1.91. The van der Waals surface area contributed by atoms with Crippen molar-refractivity contribution in [1.82, 2.24) is 9.80 Å². The quantitative estimate of drug-likeness (QED) is 0.760. The molecule has 0 unspecified atom stereocenters. The normalized spacial score (nSPS) is 21.2. The Kier molecular flexibility index (Phi) is 6.50. The molecule has 0 bridgehead atoms. The summed E-state index contributed by atoms with van der Waals surface area (Å²) in [5.74, 6) is -0.277. The molecule has 5 nitrogen and oxygen atoms in total. The molecule has 0 aliphatic carbocycles. The van der Waals surface area contributed by atoms with Gasteiger partial charge in [0.1, 0.15) is 5.82 Å². The van der Waals surface area contributed by atoms with Gasteiger partial charge in [-0.15, -0.1) is 0 Å². The van der Waals surface area contributed by atoms with Crippen LogP contribution in [0.4, 0.5) is 4.39 Å². The first-order valence-corrected chi connectivity index (χ1v) is 7.96. The molecule has 128 valence electrons. The molecule has 0 spiro atoms. The van der Waals surface area contributed by atoms with Crippen LogP contribution in [0.5, 0.6) is 0 Å². The molecule has 2 atom stereocenters. The van der Waals surface area contributed by atoms with Gasteiger partial charge in [0, 0.05) is 38.7 Å². The van der Waals surface area contributed by atoms with Crippen LogP contribution in [-0.4, -0.2) is 72.4 Å². The summed E-state index contributed by atoms with van der Waals surface area (Å²) in [6.45, 7) is 2.47. The van der Waals surface area contributed by atoms with Crippen molar-refractivity contribution in [1.29, 1.82) is 0 Å². The number of likely N-dealkylation sites (tertiary alicyclic amines) is 1. The third kappa shape index (κ3) is 4.73. The zero-order valence-corrected chi connectivity index (χ0v) is 13.5. The van der Waals surface area contributed by atoms with Gasteiger partial charge in [-0.25, -0.2) is 4.39 Å². The van der Waals surface area contributed by atoms with Gasteiger partial charge in [-0.1, -0.05) is 18.2 Å². The molecule has 2 rings (SSSR count). The fourth-order valence-corrected chi connectivity index (χ4v) is 3.13. The standard InChI is InChI=1S/C17H25FN2O3/c1-19(6-7-21)9-14-10-20(11-15(14)12-22)17(23)8-13-4-2-3-5-16(13)18/h2-5,14-15,21-22H,6-12H2,1H3/t14-,15-/m1/s1. The summed E-state index contributed by atoms with van der Waals surface area (Å²) in [5, 5.41) is 18.5. The Morgan fingerprint density at radius 3 is 2.65 bits per heavy atom. The van der Waals surface area contributed by atoms with Gasteiger partial charge in [0.2, 0.25) is 5.91 Å². The van der Waals surface area contributed by atoms with Crippen molar-refractivity contribution in [2.75, 3.05) is 46.4 Å². The van der Waals surface area contributed by atoms with E-state index < -0.39 is 0 Å². The highest BCUT2D eigenvalue weighted by atomic mass is 19.1. The Labute approximate surface area is 136 Å². The Hall–Kier alpha value is -1.50. The van der Waals surface area contributed by atoms with E-state index in [9.17, 15) is 14.3 Å². The molecule has 0 saturated carbocycles. The van der Waals surface area contributed by atoms with Crippen LogP contribution in [0.1, 0.15) is 5.56 Å². The highest BCUT2D eigenvalue weighted by Gasteiger charge is 2.35. The Bertz CT molecular complexity index is 526. The molecule has 1 saturated heterocycles. The summed E-state index contributed by atoms with van der Waals surface area (Å²) >= 11 is 0. The molecule has 2 N–H and O–H groups in total. The number of rotatable bonds is 7. The van der Waals surface area contributed by atoms with Crippen molar-refractivity contribution in [3.05, 3.63) is 35.6 Å². The molecule has 1 amide bonds. The molecule has 1 heterocycles. The van der Waals surface area contributed by atoms with Crippen LogP contribution in [0.15, 0.2) is 24.3 Å². The van der Waals surface area contributed by atoms with Crippen LogP contribution in [0.3, 0.4) is 0 Å². The third-order valence-corrected chi connectivity index (χ3v) is 4.49. The smallest absolute Gasteiger partial charge is 0.227 e. The average molecular weight is 324 g/mol. The first-order valence-electron chi connectivity index (χ1n) is 7.96. The lowest BCUT2D eigenvalue weighted by Crippen LogP contribution is -2.34. The zero-order chi connectivity index (χ0) is 16.8. The zero-order valence-electron chi connectivity index (χ0n) is 13.5. The second-order valence-corrected chi connectivity index (χ2v) is 6.26. The molecule has 1 fully saturated rings. The number of nitrogens with zero attached hydrogens (tertiary/aromatic N) is 2. The number of hydrogen-bond donors (Lipinski definition) is 2. The molecule has 6 heteroatoms. The number of halogens is 1. The monoisotopic (exact) mass is 324 g/mol. The third-order valence-electron chi connectivity index (χ3n) is 4.49. The Balaban J connectivity index is 1.95. The minimum absolute atomic E-state index is 0.0284. The largest absolute Gasteiger partial charge is 0.396 e. The topological polar surface area (TPSA) is 64.0 Å². The number of aliphatic hydroxyl groups excluding tert-OH is 2. The minimum Gasteiger partial charge on any atom is -0.396 e. The minimum atomic E-state index is -0.363. The van der Waals surface area contributed by atoms with Gasteiger partial charge in [-0.3, -0.25) is 4.79 Å². The van der Waals surface area contributed by atoms with Gasteiger partial charge in [0.15, 0.2) is 0 Å². The maximum absolute atomic E-state index is 13.7. The molecule has 1 aromatic rings. The summed E-state index contributed by atoms with van der Waals surface area (Å²) in [4.78, 5) is 16.1. The molecule has 1 aliphatic rings. The van der Waals surface area contributed by atoms with E-state index in [-0.39, 0.29) is 43.2 Å². The number of carbonyl (C=O) groups excluding carboxylic acids is 1. The number of amides is 1. The Morgan fingerprint density at radius 2 is 2.00 bits per heavy atom. The second kappa shape index (κ2) is 8.38. The lowest BCUT2D eigenvalue weighted by molar-refractivity contribution is -0.129. The summed E-state index contributed by atoms with van der Waals surface area (Å²) in [6, 6.07) is 6.31. The highest BCUT2D eigenvalue weighted by molar-refractivity contribution is 5.79. The predicted octanol–water partition coefficient (Wildman–Crippen LogP) is 0.359. The van der Waals surface area contributed by atoms with Crippen LogP contribution >= 0.6 is 0 Å². The summed E-state index contributed by atoms with van der Waals surface area (Å²) < 4.78 is 13.7. The van der Waals surface area contributed by atoms with Gasteiger partial charge < -0.3 is 20.0 Å². The Morgan fingerprint density at radius 1 is 1.30 bits per heavy atom.